The molecule has 0 aliphatic heterocycles. The molecule has 0 amide bonds. The highest BCUT2D eigenvalue weighted by Gasteiger charge is 2.23. The van der Waals surface area contributed by atoms with Crippen molar-refractivity contribution in [1.29, 1.82) is 0 Å². The average Bonchev–Trinajstić information content (AvgIpc) is 2.64. The van der Waals surface area contributed by atoms with Gasteiger partial charge in [-0.25, -0.2) is 0 Å². The van der Waals surface area contributed by atoms with Crippen molar-refractivity contribution >= 4 is 17.3 Å². The summed E-state index contributed by atoms with van der Waals surface area (Å²) in [7, 11) is 0. The molecule has 0 heterocycles. The Kier molecular flexibility index (Phi) is 6.73. The molecular formula is C12H24N2OS. The zero-order chi connectivity index (χ0) is 11.8. The van der Waals surface area contributed by atoms with Crippen molar-refractivity contribution in [3.8, 4) is 0 Å². The molecule has 0 bridgehead atoms. The second kappa shape index (κ2) is 7.85. The van der Waals surface area contributed by atoms with Crippen LogP contribution >= 0.6 is 12.2 Å². The average molecular weight is 244 g/mol. The van der Waals surface area contributed by atoms with Crippen molar-refractivity contribution in [3.05, 3.63) is 0 Å². The van der Waals surface area contributed by atoms with Gasteiger partial charge in [-0.15, -0.1) is 0 Å². The van der Waals surface area contributed by atoms with Crippen LogP contribution in [0.1, 0.15) is 39.5 Å². The lowest BCUT2D eigenvalue weighted by Crippen LogP contribution is -2.43. The van der Waals surface area contributed by atoms with Crippen LogP contribution in [0.15, 0.2) is 0 Å². The maximum absolute atomic E-state index is 5.26. The summed E-state index contributed by atoms with van der Waals surface area (Å²) >= 11 is 5.26. The van der Waals surface area contributed by atoms with Crippen LogP contribution in [0.4, 0.5) is 0 Å². The summed E-state index contributed by atoms with van der Waals surface area (Å²) in [5.74, 6) is 0.753. The van der Waals surface area contributed by atoms with Crippen LogP contribution in [-0.4, -0.2) is 30.9 Å². The summed E-state index contributed by atoms with van der Waals surface area (Å²) in [5, 5.41) is 7.43. The predicted octanol–water partition coefficient (Wildman–Crippen LogP) is 2.07. The van der Waals surface area contributed by atoms with Gasteiger partial charge in [0.05, 0.1) is 0 Å². The SMILES string of the molecule is CCOCCCNC(=S)NC1CCCC1C. The molecule has 0 radical (unpaired) electrons. The van der Waals surface area contributed by atoms with E-state index in [0.29, 0.717) is 6.04 Å². The van der Waals surface area contributed by atoms with Crippen molar-refractivity contribution in [2.24, 2.45) is 5.92 Å². The normalized spacial score (nSPS) is 24.4. The molecule has 1 aliphatic carbocycles. The minimum Gasteiger partial charge on any atom is -0.382 e. The molecule has 3 nitrogen and oxygen atoms in total. The van der Waals surface area contributed by atoms with Gasteiger partial charge in [-0.2, -0.15) is 0 Å². The quantitative estimate of drug-likeness (QED) is 0.553. The molecule has 2 N–H and O–H groups in total. The number of ether oxygens (including phenoxy) is 1. The van der Waals surface area contributed by atoms with E-state index in [1.54, 1.807) is 0 Å². The first-order valence-electron chi connectivity index (χ1n) is 6.36. The molecule has 1 aliphatic rings. The van der Waals surface area contributed by atoms with Crippen molar-refractivity contribution in [1.82, 2.24) is 10.6 Å². The Morgan fingerprint density at radius 2 is 2.25 bits per heavy atom. The van der Waals surface area contributed by atoms with E-state index in [-0.39, 0.29) is 0 Å². The molecule has 0 saturated heterocycles. The standard InChI is InChI=1S/C12H24N2OS/c1-3-15-9-5-8-13-12(16)14-11-7-4-6-10(11)2/h10-11H,3-9H2,1-2H3,(H2,13,14,16). The van der Waals surface area contributed by atoms with E-state index in [9.17, 15) is 0 Å². The Hall–Kier alpha value is -0.350. The Morgan fingerprint density at radius 3 is 2.88 bits per heavy atom. The summed E-state index contributed by atoms with van der Waals surface area (Å²) in [5.41, 5.74) is 0. The van der Waals surface area contributed by atoms with Crippen molar-refractivity contribution in [3.63, 3.8) is 0 Å². The Bertz CT molecular complexity index is 211. The van der Waals surface area contributed by atoms with E-state index in [4.69, 9.17) is 17.0 Å². The van der Waals surface area contributed by atoms with Crippen LogP contribution in [-0.2, 0) is 4.74 Å². The second-order valence-corrected chi connectivity index (χ2v) is 4.87. The minimum absolute atomic E-state index is 0.576. The van der Waals surface area contributed by atoms with Gasteiger partial charge >= 0.3 is 0 Å². The van der Waals surface area contributed by atoms with Gasteiger partial charge in [0.1, 0.15) is 0 Å². The Labute approximate surface area is 104 Å². The maximum Gasteiger partial charge on any atom is 0.166 e. The highest BCUT2D eigenvalue weighted by atomic mass is 32.1. The molecule has 0 aromatic carbocycles. The summed E-state index contributed by atoms with van der Waals surface area (Å²) in [4.78, 5) is 0. The molecule has 16 heavy (non-hydrogen) atoms. The first-order chi connectivity index (χ1) is 7.74. The lowest BCUT2D eigenvalue weighted by atomic mass is 10.1. The molecule has 2 atom stereocenters. The lowest BCUT2D eigenvalue weighted by molar-refractivity contribution is 0.145. The van der Waals surface area contributed by atoms with Crippen molar-refractivity contribution in [2.45, 2.75) is 45.6 Å². The van der Waals surface area contributed by atoms with Gasteiger partial charge in [-0.1, -0.05) is 13.3 Å². The minimum atomic E-state index is 0.576. The van der Waals surface area contributed by atoms with Gasteiger partial charge in [0, 0.05) is 25.8 Å². The second-order valence-electron chi connectivity index (χ2n) is 4.47. The zero-order valence-electron chi connectivity index (χ0n) is 10.4. The van der Waals surface area contributed by atoms with E-state index in [1.165, 1.54) is 19.3 Å². The first kappa shape index (κ1) is 13.7. The fraction of sp³-hybridized carbons (Fsp3) is 0.917. The van der Waals surface area contributed by atoms with Crippen LogP contribution in [0.3, 0.4) is 0 Å². The van der Waals surface area contributed by atoms with E-state index >= 15 is 0 Å². The number of hydrogen-bond acceptors (Lipinski definition) is 2. The highest BCUT2D eigenvalue weighted by Crippen LogP contribution is 2.24. The first-order valence-corrected chi connectivity index (χ1v) is 6.77. The van der Waals surface area contributed by atoms with Gasteiger partial charge in [-0.05, 0) is 44.3 Å². The zero-order valence-corrected chi connectivity index (χ0v) is 11.2. The number of nitrogens with one attached hydrogen (secondary N) is 2. The third kappa shape index (κ3) is 5.12. The Balaban J connectivity index is 2.02. The fourth-order valence-electron chi connectivity index (χ4n) is 2.10. The molecule has 2 unspecified atom stereocenters. The summed E-state index contributed by atoms with van der Waals surface area (Å²) in [6.45, 7) is 6.81. The third-order valence-corrected chi connectivity index (χ3v) is 3.40. The van der Waals surface area contributed by atoms with Gasteiger partial charge in [0.2, 0.25) is 0 Å². The number of rotatable bonds is 6. The molecular weight excluding hydrogens is 220 g/mol. The predicted molar refractivity (Wildman–Crippen MR) is 71.6 cm³/mol. The monoisotopic (exact) mass is 244 g/mol. The summed E-state index contributed by atoms with van der Waals surface area (Å²) in [6.07, 6.45) is 4.91. The summed E-state index contributed by atoms with van der Waals surface area (Å²) < 4.78 is 5.26. The van der Waals surface area contributed by atoms with Gasteiger partial charge in [0.25, 0.3) is 0 Å². The molecule has 94 valence electrons. The molecule has 0 spiro atoms. The van der Waals surface area contributed by atoms with Gasteiger partial charge < -0.3 is 15.4 Å². The van der Waals surface area contributed by atoms with E-state index in [2.05, 4.69) is 17.6 Å². The van der Waals surface area contributed by atoms with Crippen molar-refractivity contribution in [2.75, 3.05) is 19.8 Å². The van der Waals surface area contributed by atoms with Crippen LogP contribution < -0.4 is 10.6 Å². The fourth-order valence-corrected chi connectivity index (χ4v) is 2.35. The number of hydrogen-bond donors (Lipinski definition) is 2. The lowest BCUT2D eigenvalue weighted by Gasteiger charge is -2.19. The highest BCUT2D eigenvalue weighted by molar-refractivity contribution is 7.80. The van der Waals surface area contributed by atoms with E-state index in [1.807, 2.05) is 6.92 Å². The molecule has 4 heteroatoms. The van der Waals surface area contributed by atoms with Crippen LogP contribution in [0.2, 0.25) is 0 Å². The van der Waals surface area contributed by atoms with E-state index in [0.717, 1.165) is 37.2 Å². The molecule has 1 fully saturated rings. The summed E-state index contributed by atoms with van der Waals surface area (Å²) in [6, 6.07) is 0.576. The topological polar surface area (TPSA) is 33.3 Å². The largest absolute Gasteiger partial charge is 0.382 e. The van der Waals surface area contributed by atoms with E-state index < -0.39 is 0 Å². The molecule has 0 aromatic rings. The Morgan fingerprint density at radius 1 is 1.44 bits per heavy atom. The molecule has 1 rings (SSSR count). The van der Waals surface area contributed by atoms with Crippen LogP contribution in [0.5, 0.6) is 0 Å². The molecule has 0 aromatic heterocycles. The van der Waals surface area contributed by atoms with Crippen LogP contribution in [0, 0.1) is 5.92 Å². The van der Waals surface area contributed by atoms with Crippen LogP contribution in [0.25, 0.3) is 0 Å². The van der Waals surface area contributed by atoms with Gasteiger partial charge in [0.15, 0.2) is 5.11 Å². The molecule has 1 saturated carbocycles. The number of thiocarbonyl (C=S) groups is 1. The van der Waals surface area contributed by atoms with Crippen molar-refractivity contribution < 1.29 is 4.74 Å². The van der Waals surface area contributed by atoms with Gasteiger partial charge in [-0.3, -0.25) is 0 Å². The maximum atomic E-state index is 5.26. The third-order valence-electron chi connectivity index (χ3n) is 3.13. The smallest absolute Gasteiger partial charge is 0.166 e.